The SMILES string of the molecule is Cc1ccc(OC2CCN(C(=O)Cc3ccn4cncc4c3)CC2)cc1. The lowest BCUT2D eigenvalue weighted by atomic mass is 10.1. The Bertz CT molecular complexity index is 893. The molecule has 1 fully saturated rings. The van der Waals surface area contributed by atoms with Gasteiger partial charge in [-0.1, -0.05) is 17.7 Å². The molecule has 1 aliphatic rings. The van der Waals surface area contributed by atoms with Gasteiger partial charge in [0.15, 0.2) is 0 Å². The lowest BCUT2D eigenvalue weighted by Crippen LogP contribution is -2.42. The van der Waals surface area contributed by atoms with Crippen LogP contribution in [0.2, 0.25) is 0 Å². The summed E-state index contributed by atoms with van der Waals surface area (Å²) in [5.41, 5.74) is 3.27. The highest BCUT2D eigenvalue weighted by molar-refractivity contribution is 5.79. The third kappa shape index (κ3) is 3.72. The summed E-state index contributed by atoms with van der Waals surface area (Å²) >= 11 is 0. The van der Waals surface area contributed by atoms with E-state index in [9.17, 15) is 4.79 Å². The first-order chi connectivity index (χ1) is 12.7. The van der Waals surface area contributed by atoms with Crippen LogP contribution in [0.5, 0.6) is 5.75 Å². The van der Waals surface area contributed by atoms with Crippen LogP contribution in [-0.4, -0.2) is 39.4 Å². The first-order valence-corrected chi connectivity index (χ1v) is 9.09. The van der Waals surface area contributed by atoms with Gasteiger partial charge in [0.05, 0.1) is 24.5 Å². The molecule has 1 saturated heterocycles. The predicted molar refractivity (Wildman–Crippen MR) is 100 cm³/mol. The van der Waals surface area contributed by atoms with Crippen molar-refractivity contribution in [1.82, 2.24) is 14.3 Å². The molecule has 0 spiro atoms. The zero-order valence-corrected chi connectivity index (χ0v) is 15.0. The third-order valence-corrected chi connectivity index (χ3v) is 4.95. The van der Waals surface area contributed by atoms with E-state index in [0.29, 0.717) is 6.42 Å². The molecule has 26 heavy (non-hydrogen) atoms. The number of carbonyl (C=O) groups excluding carboxylic acids is 1. The largest absolute Gasteiger partial charge is 0.490 e. The van der Waals surface area contributed by atoms with E-state index in [4.69, 9.17) is 4.74 Å². The smallest absolute Gasteiger partial charge is 0.226 e. The molecule has 0 bridgehead atoms. The zero-order valence-electron chi connectivity index (χ0n) is 15.0. The number of hydrogen-bond donors (Lipinski definition) is 0. The van der Waals surface area contributed by atoms with E-state index in [1.165, 1.54) is 5.56 Å². The number of ether oxygens (including phenoxy) is 1. The molecule has 1 amide bonds. The average Bonchev–Trinajstić information content (AvgIpc) is 3.12. The molecule has 1 aromatic carbocycles. The maximum atomic E-state index is 12.6. The molecule has 5 heteroatoms. The Morgan fingerprint density at radius 2 is 1.96 bits per heavy atom. The van der Waals surface area contributed by atoms with Crippen LogP contribution in [0.4, 0.5) is 0 Å². The van der Waals surface area contributed by atoms with E-state index in [2.05, 4.69) is 24.0 Å². The number of aromatic nitrogens is 2. The predicted octanol–water partition coefficient (Wildman–Crippen LogP) is 3.26. The summed E-state index contributed by atoms with van der Waals surface area (Å²) in [5.74, 6) is 1.09. The Labute approximate surface area is 153 Å². The van der Waals surface area contributed by atoms with Crippen LogP contribution in [-0.2, 0) is 11.2 Å². The van der Waals surface area contributed by atoms with Gasteiger partial charge in [0, 0.05) is 32.1 Å². The number of carbonyl (C=O) groups is 1. The van der Waals surface area contributed by atoms with Crippen LogP contribution in [0.1, 0.15) is 24.0 Å². The van der Waals surface area contributed by atoms with Crippen LogP contribution in [0.15, 0.2) is 55.1 Å². The first kappa shape index (κ1) is 16.6. The van der Waals surface area contributed by atoms with Gasteiger partial charge in [-0.05, 0) is 36.8 Å². The van der Waals surface area contributed by atoms with Gasteiger partial charge in [-0.25, -0.2) is 4.98 Å². The van der Waals surface area contributed by atoms with Crippen LogP contribution in [0.25, 0.3) is 5.52 Å². The minimum Gasteiger partial charge on any atom is -0.490 e. The number of aryl methyl sites for hydroxylation is 1. The van der Waals surface area contributed by atoms with Gasteiger partial charge in [-0.3, -0.25) is 4.79 Å². The maximum absolute atomic E-state index is 12.6. The number of pyridine rings is 1. The summed E-state index contributed by atoms with van der Waals surface area (Å²) in [6, 6.07) is 12.2. The topological polar surface area (TPSA) is 46.8 Å². The van der Waals surface area contributed by atoms with Gasteiger partial charge >= 0.3 is 0 Å². The monoisotopic (exact) mass is 349 g/mol. The van der Waals surface area contributed by atoms with E-state index in [1.807, 2.05) is 46.0 Å². The lowest BCUT2D eigenvalue weighted by molar-refractivity contribution is -0.132. The number of rotatable bonds is 4. The highest BCUT2D eigenvalue weighted by atomic mass is 16.5. The van der Waals surface area contributed by atoms with E-state index in [0.717, 1.165) is 42.8 Å². The van der Waals surface area contributed by atoms with Crippen LogP contribution in [0.3, 0.4) is 0 Å². The van der Waals surface area contributed by atoms with Crippen molar-refractivity contribution in [1.29, 1.82) is 0 Å². The molecular formula is C21H23N3O2. The number of nitrogens with zero attached hydrogens (tertiary/aromatic N) is 3. The second kappa shape index (κ2) is 7.20. The molecule has 4 rings (SSSR count). The summed E-state index contributed by atoms with van der Waals surface area (Å²) < 4.78 is 7.99. The Balaban J connectivity index is 1.30. The standard InChI is InChI=1S/C21H23N3O2/c1-16-2-4-19(5-3-16)26-20-7-10-23(11-8-20)21(25)13-17-6-9-24-15-22-14-18(24)12-17/h2-6,9,12,14-15,20H,7-8,10-11,13H2,1H3. The van der Waals surface area contributed by atoms with E-state index >= 15 is 0 Å². The maximum Gasteiger partial charge on any atom is 0.226 e. The van der Waals surface area contributed by atoms with Crippen molar-refractivity contribution in [2.45, 2.75) is 32.3 Å². The number of amides is 1. The van der Waals surface area contributed by atoms with E-state index in [1.54, 1.807) is 6.33 Å². The molecule has 0 atom stereocenters. The van der Waals surface area contributed by atoms with Gasteiger partial charge in [0.25, 0.3) is 0 Å². The van der Waals surface area contributed by atoms with Gasteiger partial charge in [-0.15, -0.1) is 0 Å². The summed E-state index contributed by atoms with van der Waals surface area (Å²) in [6.07, 6.45) is 7.90. The van der Waals surface area contributed by atoms with Crippen LogP contribution >= 0.6 is 0 Å². The molecule has 0 aliphatic carbocycles. The Morgan fingerprint density at radius 3 is 2.73 bits per heavy atom. The lowest BCUT2D eigenvalue weighted by Gasteiger charge is -2.32. The summed E-state index contributed by atoms with van der Waals surface area (Å²) in [6.45, 7) is 3.58. The Hall–Kier alpha value is -2.82. The normalized spacial score (nSPS) is 15.3. The van der Waals surface area contributed by atoms with Gasteiger partial charge < -0.3 is 14.0 Å². The molecule has 3 aromatic rings. The van der Waals surface area contributed by atoms with Crippen molar-refractivity contribution < 1.29 is 9.53 Å². The summed E-state index contributed by atoms with van der Waals surface area (Å²) in [4.78, 5) is 18.7. The fraction of sp³-hybridized carbons (Fsp3) is 0.333. The van der Waals surface area contributed by atoms with Gasteiger partial charge in [0.1, 0.15) is 11.9 Å². The zero-order chi connectivity index (χ0) is 17.9. The van der Waals surface area contributed by atoms with Crippen molar-refractivity contribution in [3.8, 4) is 5.75 Å². The molecule has 1 aliphatic heterocycles. The van der Waals surface area contributed by atoms with Crippen molar-refractivity contribution in [3.05, 3.63) is 66.2 Å². The molecule has 2 aromatic heterocycles. The van der Waals surface area contributed by atoms with Gasteiger partial charge in [-0.2, -0.15) is 0 Å². The number of fused-ring (bicyclic) bond motifs is 1. The molecule has 0 saturated carbocycles. The molecule has 0 radical (unpaired) electrons. The molecule has 5 nitrogen and oxygen atoms in total. The van der Waals surface area contributed by atoms with Crippen LogP contribution in [0, 0.1) is 6.92 Å². The average molecular weight is 349 g/mol. The van der Waals surface area contributed by atoms with E-state index < -0.39 is 0 Å². The molecule has 0 N–H and O–H groups in total. The molecule has 134 valence electrons. The van der Waals surface area contributed by atoms with Crippen molar-refractivity contribution in [3.63, 3.8) is 0 Å². The minimum atomic E-state index is 0.183. The van der Waals surface area contributed by atoms with Crippen molar-refractivity contribution in [2.75, 3.05) is 13.1 Å². The number of likely N-dealkylation sites (tertiary alicyclic amines) is 1. The van der Waals surface area contributed by atoms with Gasteiger partial charge in [0.2, 0.25) is 5.91 Å². The van der Waals surface area contributed by atoms with Crippen molar-refractivity contribution in [2.24, 2.45) is 0 Å². The molecular weight excluding hydrogens is 326 g/mol. The summed E-state index contributed by atoms with van der Waals surface area (Å²) in [5, 5.41) is 0. The molecule has 0 unspecified atom stereocenters. The summed E-state index contributed by atoms with van der Waals surface area (Å²) in [7, 11) is 0. The number of piperidine rings is 1. The molecule has 3 heterocycles. The highest BCUT2D eigenvalue weighted by Crippen LogP contribution is 2.20. The van der Waals surface area contributed by atoms with Crippen LogP contribution < -0.4 is 4.74 Å². The first-order valence-electron chi connectivity index (χ1n) is 9.09. The highest BCUT2D eigenvalue weighted by Gasteiger charge is 2.24. The second-order valence-electron chi connectivity index (χ2n) is 6.95. The Morgan fingerprint density at radius 1 is 1.19 bits per heavy atom. The van der Waals surface area contributed by atoms with E-state index in [-0.39, 0.29) is 12.0 Å². The minimum absolute atomic E-state index is 0.183. The number of imidazole rings is 1. The number of benzene rings is 1. The third-order valence-electron chi connectivity index (χ3n) is 4.95. The quantitative estimate of drug-likeness (QED) is 0.726. The Kier molecular flexibility index (Phi) is 4.61. The van der Waals surface area contributed by atoms with Crippen molar-refractivity contribution >= 4 is 11.4 Å². The fourth-order valence-corrected chi connectivity index (χ4v) is 3.39. The fourth-order valence-electron chi connectivity index (χ4n) is 3.39. The second-order valence-corrected chi connectivity index (χ2v) is 6.95. The number of hydrogen-bond acceptors (Lipinski definition) is 3.